The van der Waals surface area contributed by atoms with Crippen LogP contribution in [0.15, 0.2) is 59.6 Å². The normalized spacial score (nSPS) is 10.5. The fraction of sp³-hybridized carbons (Fsp3) is 0.118. The molecule has 0 atom stereocenters. The molecule has 3 rings (SSSR count). The summed E-state index contributed by atoms with van der Waals surface area (Å²) in [7, 11) is 0. The van der Waals surface area contributed by atoms with Gasteiger partial charge in [0.1, 0.15) is 12.7 Å². The lowest BCUT2D eigenvalue weighted by Gasteiger charge is -2.12. The van der Waals surface area contributed by atoms with Gasteiger partial charge < -0.3 is 5.32 Å². The van der Waals surface area contributed by atoms with Crippen molar-refractivity contribution in [3.8, 4) is 5.69 Å². The largest absolute Gasteiger partial charge is 0.322 e. The molecule has 1 N–H and O–H groups in total. The molecule has 0 bridgehead atoms. The highest BCUT2D eigenvalue weighted by atomic mass is 79.9. The molecule has 0 fully saturated rings. The van der Waals surface area contributed by atoms with Crippen LogP contribution in [0, 0.1) is 0 Å². The Hall–Kier alpha value is -2.47. The minimum Gasteiger partial charge on any atom is -0.322 e. The first-order valence-electron chi connectivity index (χ1n) is 7.23. The molecule has 0 radical (unpaired) electrons. The van der Waals surface area contributed by atoms with E-state index in [-0.39, 0.29) is 5.91 Å². The monoisotopic (exact) mass is 370 g/mol. The van der Waals surface area contributed by atoms with Gasteiger partial charge >= 0.3 is 0 Å². The summed E-state index contributed by atoms with van der Waals surface area (Å²) in [5.41, 5.74) is 3.32. The molecular formula is C17H15BrN4O. The number of para-hydroxylation sites is 1. The summed E-state index contributed by atoms with van der Waals surface area (Å²) in [6.07, 6.45) is 4.05. The predicted molar refractivity (Wildman–Crippen MR) is 92.8 cm³/mol. The molecule has 1 amide bonds. The molecule has 1 aromatic heterocycles. The summed E-state index contributed by atoms with van der Waals surface area (Å²) >= 11 is 3.44. The standard InChI is InChI=1S/C17H15BrN4O/c1-2-12-5-3-4-6-16(12)21-17(23)14-9-13(7-8-15(14)18)22-10-19-20-11-22/h3-11H,2H2,1H3,(H,21,23). The van der Waals surface area contributed by atoms with Crippen molar-refractivity contribution in [1.29, 1.82) is 0 Å². The third kappa shape index (κ3) is 3.32. The molecule has 0 unspecified atom stereocenters. The molecule has 116 valence electrons. The number of carbonyl (C=O) groups excluding carboxylic acids is 1. The van der Waals surface area contributed by atoms with E-state index in [2.05, 4.69) is 38.4 Å². The molecule has 6 heteroatoms. The van der Waals surface area contributed by atoms with E-state index >= 15 is 0 Å². The summed E-state index contributed by atoms with van der Waals surface area (Å²) in [5, 5.41) is 10.6. The molecule has 1 heterocycles. The maximum Gasteiger partial charge on any atom is 0.256 e. The Morgan fingerprint density at radius 2 is 1.91 bits per heavy atom. The van der Waals surface area contributed by atoms with Crippen LogP contribution in [0.25, 0.3) is 5.69 Å². The van der Waals surface area contributed by atoms with Crippen molar-refractivity contribution >= 4 is 27.5 Å². The van der Waals surface area contributed by atoms with E-state index in [9.17, 15) is 4.79 Å². The van der Waals surface area contributed by atoms with E-state index in [1.807, 2.05) is 36.4 Å². The summed E-state index contributed by atoms with van der Waals surface area (Å²) in [4.78, 5) is 12.6. The quantitative estimate of drug-likeness (QED) is 0.758. The van der Waals surface area contributed by atoms with Crippen LogP contribution < -0.4 is 5.32 Å². The number of rotatable bonds is 4. The van der Waals surface area contributed by atoms with Gasteiger partial charge in [0.2, 0.25) is 0 Å². The number of anilines is 1. The van der Waals surface area contributed by atoms with Gasteiger partial charge in [0.05, 0.1) is 5.56 Å². The highest BCUT2D eigenvalue weighted by molar-refractivity contribution is 9.10. The smallest absolute Gasteiger partial charge is 0.256 e. The minimum absolute atomic E-state index is 0.160. The second-order valence-electron chi connectivity index (χ2n) is 5.00. The van der Waals surface area contributed by atoms with Crippen LogP contribution >= 0.6 is 15.9 Å². The van der Waals surface area contributed by atoms with Crippen LogP contribution in [0.3, 0.4) is 0 Å². The minimum atomic E-state index is -0.160. The topological polar surface area (TPSA) is 59.8 Å². The van der Waals surface area contributed by atoms with Gasteiger partial charge in [-0.05, 0) is 52.2 Å². The predicted octanol–water partition coefficient (Wildman–Crippen LogP) is 3.84. The zero-order chi connectivity index (χ0) is 16.2. The fourth-order valence-electron chi connectivity index (χ4n) is 2.32. The van der Waals surface area contributed by atoms with Gasteiger partial charge in [-0.1, -0.05) is 25.1 Å². The third-order valence-electron chi connectivity index (χ3n) is 3.56. The molecule has 23 heavy (non-hydrogen) atoms. The Morgan fingerprint density at radius 1 is 1.17 bits per heavy atom. The van der Waals surface area contributed by atoms with Crippen LogP contribution in [0.1, 0.15) is 22.8 Å². The van der Waals surface area contributed by atoms with E-state index in [0.717, 1.165) is 27.8 Å². The molecule has 5 nitrogen and oxygen atoms in total. The maximum atomic E-state index is 12.6. The van der Waals surface area contributed by atoms with Gasteiger partial charge in [-0.3, -0.25) is 9.36 Å². The van der Waals surface area contributed by atoms with E-state index in [1.54, 1.807) is 23.3 Å². The Morgan fingerprint density at radius 3 is 2.65 bits per heavy atom. The highest BCUT2D eigenvalue weighted by Crippen LogP contribution is 2.23. The fourth-order valence-corrected chi connectivity index (χ4v) is 2.75. The Balaban J connectivity index is 1.91. The van der Waals surface area contributed by atoms with Crippen molar-refractivity contribution in [2.45, 2.75) is 13.3 Å². The van der Waals surface area contributed by atoms with Crippen LogP contribution in [0.5, 0.6) is 0 Å². The van der Waals surface area contributed by atoms with Crippen molar-refractivity contribution < 1.29 is 4.79 Å². The number of nitrogens with zero attached hydrogens (tertiary/aromatic N) is 3. The number of aromatic nitrogens is 3. The number of nitrogens with one attached hydrogen (secondary N) is 1. The maximum absolute atomic E-state index is 12.6. The molecule has 0 aliphatic heterocycles. The van der Waals surface area contributed by atoms with Gasteiger partial charge in [0.25, 0.3) is 5.91 Å². The van der Waals surface area contributed by atoms with Crippen LogP contribution in [-0.2, 0) is 6.42 Å². The molecule has 0 aliphatic carbocycles. The van der Waals surface area contributed by atoms with Gasteiger partial charge in [-0.25, -0.2) is 0 Å². The Labute approximate surface area is 142 Å². The van der Waals surface area contributed by atoms with Gasteiger partial charge in [-0.2, -0.15) is 0 Å². The van der Waals surface area contributed by atoms with Gasteiger partial charge in [-0.15, -0.1) is 10.2 Å². The number of hydrogen-bond donors (Lipinski definition) is 1. The first kappa shape index (κ1) is 15.4. The van der Waals surface area contributed by atoms with Crippen molar-refractivity contribution in [2.75, 3.05) is 5.32 Å². The molecule has 0 saturated carbocycles. The van der Waals surface area contributed by atoms with Crippen molar-refractivity contribution in [3.05, 3.63) is 70.7 Å². The number of halogens is 1. The second-order valence-corrected chi connectivity index (χ2v) is 5.85. The van der Waals surface area contributed by atoms with Gasteiger partial charge in [0, 0.05) is 15.8 Å². The lowest BCUT2D eigenvalue weighted by Crippen LogP contribution is -2.14. The van der Waals surface area contributed by atoms with E-state index in [1.165, 1.54) is 0 Å². The summed E-state index contributed by atoms with van der Waals surface area (Å²) < 4.78 is 2.49. The third-order valence-corrected chi connectivity index (χ3v) is 4.25. The van der Waals surface area contributed by atoms with Crippen LogP contribution in [-0.4, -0.2) is 20.7 Å². The average molecular weight is 371 g/mol. The van der Waals surface area contributed by atoms with E-state index < -0.39 is 0 Å². The second kappa shape index (κ2) is 6.75. The first-order chi connectivity index (χ1) is 11.2. The highest BCUT2D eigenvalue weighted by Gasteiger charge is 2.13. The number of hydrogen-bond acceptors (Lipinski definition) is 3. The van der Waals surface area contributed by atoms with Crippen LogP contribution in [0.4, 0.5) is 5.69 Å². The van der Waals surface area contributed by atoms with Crippen molar-refractivity contribution in [1.82, 2.24) is 14.8 Å². The lowest BCUT2D eigenvalue weighted by atomic mass is 10.1. The van der Waals surface area contributed by atoms with Crippen molar-refractivity contribution in [3.63, 3.8) is 0 Å². The number of aryl methyl sites for hydroxylation is 1. The molecule has 2 aromatic carbocycles. The molecule has 0 aliphatic rings. The summed E-state index contributed by atoms with van der Waals surface area (Å²) in [6, 6.07) is 13.3. The SMILES string of the molecule is CCc1ccccc1NC(=O)c1cc(-n2cnnc2)ccc1Br. The molecule has 0 saturated heterocycles. The van der Waals surface area contributed by atoms with Crippen LogP contribution in [0.2, 0.25) is 0 Å². The molecule has 3 aromatic rings. The summed E-state index contributed by atoms with van der Waals surface area (Å²) in [6.45, 7) is 2.06. The Kier molecular flexibility index (Phi) is 4.52. The van der Waals surface area contributed by atoms with Gasteiger partial charge in [0.15, 0.2) is 0 Å². The van der Waals surface area contributed by atoms with Crippen molar-refractivity contribution in [2.24, 2.45) is 0 Å². The van der Waals surface area contributed by atoms with E-state index in [0.29, 0.717) is 5.56 Å². The number of carbonyl (C=O) groups is 1. The molecular weight excluding hydrogens is 356 g/mol. The average Bonchev–Trinajstić information content (AvgIpc) is 3.10. The Bertz CT molecular complexity index is 830. The summed E-state index contributed by atoms with van der Waals surface area (Å²) in [5.74, 6) is -0.160. The molecule has 0 spiro atoms. The number of amides is 1. The van der Waals surface area contributed by atoms with E-state index in [4.69, 9.17) is 0 Å². The zero-order valence-corrected chi connectivity index (χ0v) is 14.1. The first-order valence-corrected chi connectivity index (χ1v) is 8.02. The number of benzene rings is 2. The lowest BCUT2D eigenvalue weighted by molar-refractivity contribution is 0.102. The zero-order valence-electron chi connectivity index (χ0n) is 12.5.